The van der Waals surface area contributed by atoms with Crippen LogP contribution < -0.4 is 19.1 Å². The standard InChI is InChI=1S/C25H27ClN2O5S/c1-17-5-14-23(33-4)24(15-17)34(30,31)28(21-10-12-22(32-3)13-11-21)16-25(29)27-18(2)19-6-8-20(26)9-7-19/h5-15,18H,16H2,1-4H3,(H,27,29)/t18-/m0/s1. The third kappa shape index (κ3) is 5.81. The average Bonchev–Trinajstić information content (AvgIpc) is 2.83. The number of methoxy groups -OCH3 is 2. The number of rotatable bonds is 9. The molecule has 0 bridgehead atoms. The van der Waals surface area contributed by atoms with E-state index in [0.29, 0.717) is 16.5 Å². The maximum atomic E-state index is 13.8. The number of sulfonamides is 1. The van der Waals surface area contributed by atoms with Crippen LogP contribution >= 0.6 is 11.6 Å². The quantitative estimate of drug-likeness (QED) is 0.457. The minimum atomic E-state index is -4.15. The highest BCUT2D eigenvalue weighted by atomic mass is 35.5. The van der Waals surface area contributed by atoms with E-state index in [0.717, 1.165) is 15.4 Å². The van der Waals surface area contributed by atoms with Gasteiger partial charge in [0.1, 0.15) is 22.9 Å². The zero-order valence-electron chi connectivity index (χ0n) is 19.4. The Hall–Kier alpha value is -3.23. The van der Waals surface area contributed by atoms with Crippen LogP contribution in [-0.2, 0) is 14.8 Å². The molecule has 1 atom stereocenters. The van der Waals surface area contributed by atoms with Gasteiger partial charge in [-0.3, -0.25) is 9.10 Å². The van der Waals surface area contributed by atoms with Crippen LogP contribution in [0.15, 0.2) is 71.6 Å². The first-order valence-corrected chi connectivity index (χ1v) is 12.3. The molecule has 7 nitrogen and oxygen atoms in total. The summed E-state index contributed by atoms with van der Waals surface area (Å²) in [7, 11) is -1.23. The molecule has 0 saturated heterocycles. The molecule has 0 fully saturated rings. The van der Waals surface area contributed by atoms with Gasteiger partial charge in [0, 0.05) is 5.02 Å². The lowest BCUT2D eigenvalue weighted by Gasteiger charge is -2.26. The highest BCUT2D eigenvalue weighted by Crippen LogP contribution is 2.31. The average molecular weight is 503 g/mol. The number of benzene rings is 3. The van der Waals surface area contributed by atoms with Gasteiger partial charge in [0.15, 0.2) is 0 Å². The van der Waals surface area contributed by atoms with Crippen molar-refractivity contribution >= 4 is 33.2 Å². The van der Waals surface area contributed by atoms with Crippen molar-refractivity contribution in [2.45, 2.75) is 24.8 Å². The molecular weight excluding hydrogens is 476 g/mol. The summed E-state index contributed by atoms with van der Waals surface area (Å²) in [4.78, 5) is 13.0. The first kappa shape index (κ1) is 25.4. The lowest BCUT2D eigenvalue weighted by Crippen LogP contribution is -2.41. The molecule has 0 heterocycles. The lowest BCUT2D eigenvalue weighted by atomic mass is 10.1. The smallest absolute Gasteiger partial charge is 0.268 e. The van der Waals surface area contributed by atoms with Crippen molar-refractivity contribution in [3.05, 3.63) is 82.9 Å². The van der Waals surface area contributed by atoms with Crippen LogP contribution in [0, 0.1) is 6.92 Å². The van der Waals surface area contributed by atoms with E-state index >= 15 is 0 Å². The van der Waals surface area contributed by atoms with E-state index in [4.69, 9.17) is 21.1 Å². The fourth-order valence-corrected chi connectivity index (χ4v) is 5.21. The number of nitrogens with zero attached hydrogens (tertiary/aromatic N) is 1. The summed E-state index contributed by atoms with van der Waals surface area (Å²) in [6.45, 7) is 3.18. The van der Waals surface area contributed by atoms with E-state index in [9.17, 15) is 13.2 Å². The minimum Gasteiger partial charge on any atom is -0.497 e. The zero-order chi connectivity index (χ0) is 24.9. The Labute approximate surface area is 205 Å². The van der Waals surface area contributed by atoms with Crippen LogP contribution in [0.3, 0.4) is 0 Å². The summed E-state index contributed by atoms with van der Waals surface area (Å²) in [6.07, 6.45) is 0. The molecule has 0 aromatic heterocycles. The molecule has 0 aliphatic carbocycles. The van der Waals surface area contributed by atoms with Gasteiger partial charge in [0.25, 0.3) is 10.0 Å². The molecule has 9 heteroatoms. The van der Waals surface area contributed by atoms with Gasteiger partial charge in [-0.2, -0.15) is 0 Å². The van der Waals surface area contributed by atoms with Gasteiger partial charge in [-0.1, -0.05) is 29.8 Å². The second-order valence-corrected chi connectivity index (χ2v) is 9.97. The topological polar surface area (TPSA) is 84.9 Å². The number of aryl methyl sites for hydroxylation is 1. The molecule has 3 aromatic carbocycles. The Bertz CT molecular complexity index is 1250. The molecule has 1 amide bonds. The van der Waals surface area contributed by atoms with Crippen molar-refractivity contribution in [2.75, 3.05) is 25.1 Å². The first-order chi connectivity index (χ1) is 16.1. The number of halogens is 1. The highest BCUT2D eigenvalue weighted by Gasteiger charge is 2.30. The lowest BCUT2D eigenvalue weighted by molar-refractivity contribution is -0.120. The van der Waals surface area contributed by atoms with E-state index in [1.165, 1.54) is 20.3 Å². The van der Waals surface area contributed by atoms with Crippen molar-refractivity contribution in [1.82, 2.24) is 5.32 Å². The molecule has 3 rings (SSSR count). The maximum absolute atomic E-state index is 13.8. The van der Waals surface area contributed by atoms with Gasteiger partial charge in [-0.15, -0.1) is 0 Å². The third-order valence-electron chi connectivity index (χ3n) is 5.28. The minimum absolute atomic E-state index is 0.0237. The van der Waals surface area contributed by atoms with Crippen molar-refractivity contribution < 1.29 is 22.7 Å². The van der Waals surface area contributed by atoms with Gasteiger partial charge in [0.2, 0.25) is 5.91 Å². The fraction of sp³-hybridized carbons (Fsp3) is 0.240. The summed E-state index contributed by atoms with van der Waals surface area (Å²) < 4.78 is 39.1. The van der Waals surface area contributed by atoms with E-state index in [2.05, 4.69) is 5.32 Å². The van der Waals surface area contributed by atoms with Crippen LogP contribution in [-0.4, -0.2) is 35.1 Å². The van der Waals surface area contributed by atoms with Crippen molar-refractivity contribution in [3.63, 3.8) is 0 Å². The van der Waals surface area contributed by atoms with Gasteiger partial charge in [0.05, 0.1) is 25.9 Å². The van der Waals surface area contributed by atoms with Crippen LogP contribution in [0.5, 0.6) is 11.5 Å². The Morgan fingerprint density at radius 1 is 1.00 bits per heavy atom. The number of nitrogens with one attached hydrogen (secondary N) is 1. The summed E-state index contributed by atoms with van der Waals surface area (Å²) >= 11 is 5.94. The fourth-order valence-electron chi connectivity index (χ4n) is 3.42. The normalized spacial score (nSPS) is 12.0. The Kier molecular flexibility index (Phi) is 8.06. The van der Waals surface area contributed by atoms with Crippen LogP contribution in [0.1, 0.15) is 24.1 Å². The largest absolute Gasteiger partial charge is 0.497 e. The van der Waals surface area contributed by atoms with Crippen LogP contribution in [0.4, 0.5) is 5.69 Å². The number of hydrogen-bond donors (Lipinski definition) is 1. The van der Waals surface area contributed by atoms with Crippen LogP contribution in [0.2, 0.25) is 5.02 Å². The second kappa shape index (κ2) is 10.8. The number of hydrogen-bond acceptors (Lipinski definition) is 5. The summed E-state index contributed by atoms with van der Waals surface area (Å²) in [5.41, 5.74) is 1.91. The number of amides is 1. The van der Waals surface area contributed by atoms with Crippen molar-refractivity contribution in [1.29, 1.82) is 0 Å². The number of anilines is 1. The Morgan fingerprint density at radius 2 is 1.65 bits per heavy atom. The molecule has 3 aromatic rings. The maximum Gasteiger partial charge on any atom is 0.268 e. The summed E-state index contributed by atoms with van der Waals surface area (Å²) in [5.74, 6) is 0.294. The molecule has 0 spiro atoms. The Balaban J connectivity index is 1.96. The van der Waals surface area contributed by atoms with Gasteiger partial charge < -0.3 is 14.8 Å². The molecule has 0 radical (unpaired) electrons. The van der Waals surface area contributed by atoms with Crippen molar-refractivity contribution in [3.8, 4) is 11.5 Å². The van der Waals surface area contributed by atoms with E-state index in [-0.39, 0.29) is 16.7 Å². The molecule has 180 valence electrons. The number of carbonyl (C=O) groups excluding carboxylic acids is 1. The zero-order valence-corrected chi connectivity index (χ0v) is 21.0. The van der Waals surface area contributed by atoms with Gasteiger partial charge >= 0.3 is 0 Å². The number of carbonyl (C=O) groups is 1. The van der Waals surface area contributed by atoms with E-state index in [1.807, 2.05) is 19.1 Å². The highest BCUT2D eigenvalue weighted by molar-refractivity contribution is 7.93. The van der Waals surface area contributed by atoms with Crippen molar-refractivity contribution in [2.24, 2.45) is 0 Å². The second-order valence-electron chi connectivity index (χ2n) is 7.70. The molecule has 34 heavy (non-hydrogen) atoms. The van der Waals surface area contributed by atoms with Gasteiger partial charge in [-0.05, 0) is 73.5 Å². The summed E-state index contributed by atoms with van der Waals surface area (Å²) in [5, 5.41) is 3.45. The summed E-state index contributed by atoms with van der Waals surface area (Å²) in [6, 6.07) is 18.1. The molecular formula is C25H27ClN2O5S. The van der Waals surface area contributed by atoms with E-state index in [1.54, 1.807) is 55.5 Å². The Morgan fingerprint density at radius 3 is 2.24 bits per heavy atom. The molecule has 0 unspecified atom stereocenters. The van der Waals surface area contributed by atoms with Crippen LogP contribution in [0.25, 0.3) is 0 Å². The molecule has 0 saturated carbocycles. The predicted octanol–water partition coefficient (Wildman–Crippen LogP) is 4.74. The SMILES string of the molecule is COc1ccc(N(CC(=O)N[C@@H](C)c2ccc(Cl)cc2)S(=O)(=O)c2cc(C)ccc2OC)cc1. The molecule has 1 N–H and O–H groups in total. The predicted molar refractivity (Wildman–Crippen MR) is 133 cm³/mol. The molecule has 0 aliphatic rings. The monoisotopic (exact) mass is 502 g/mol. The third-order valence-corrected chi connectivity index (χ3v) is 7.33. The van der Waals surface area contributed by atoms with E-state index < -0.39 is 22.5 Å². The number of ether oxygens (including phenoxy) is 2. The molecule has 0 aliphatic heterocycles. The van der Waals surface area contributed by atoms with Gasteiger partial charge in [-0.25, -0.2) is 8.42 Å². The first-order valence-electron chi connectivity index (χ1n) is 10.5.